The molecule has 0 spiro atoms. The van der Waals surface area contributed by atoms with E-state index in [1.165, 1.54) is 0 Å². The van der Waals surface area contributed by atoms with Crippen molar-refractivity contribution in [1.29, 1.82) is 0 Å². The van der Waals surface area contributed by atoms with E-state index in [9.17, 15) is 0 Å². The van der Waals surface area contributed by atoms with E-state index in [0.717, 1.165) is 49.2 Å². The zero-order valence-electron chi connectivity index (χ0n) is 11.6. The van der Waals surface area contributed by atoms with Crippen LogP contribution >= 0.6 is 0 Å². The largest absolute Gasteiger partial charge is 0.378 e. The minimum absolute atomic E-state index is 0.734. The van der Waals surface area contributed by atoms with Crippen LogP contribution in [0.1, 0.15) is 0 Å². The highest BCUT2D eigenvalue weighted by molar-refractivity contribution is 5.61. The molecule has 1 fully saturated rings. The zero-order valence-corrected chi connectivity index (χ0v) is 11.6. The molecule has 0 radical (unpaired) electrons. The molecule has 0 saturated carbocycles. The molecule has 106 valence electrons. The summed E-state index contributed by atoms with van der Waals surface area (Å²) in [6.07, 6.45) is 3.94. The van der Waals surface area contributed by atoms with Gasteiger partial charge in [0.1, 0.15) is 5.82 Å². The van der Waals surface area contributed by atoms with Gasteiger partial charge in [-0.15, -0.1) is 0 Å². The summed E-state index contributed by atoms with van der Waals surface area (Å²) in [5, 5.41) is 0. The molecule has 0 atom stereocenters. The fourth-order valence-corrected chi connectivity index (χ4v) is 2.65. The van der Waals surface area contributed by atoms with Gasteiger partial charge in [-0.05, 0) is 6.07 Å². The van der Waals surface area contributed by atoms with Crippen molar-refractivity contribution in [2.24, 2.45) is 0 Å². The standard InChI is InChI=1S/C16H16N4O/c1-2-4-13(5-3-1)14-6-7-20-15(12-17-16(20)18-14)19-8-10-21-11-9-19/h1-7,12H,8-11H2. The molecule has 2 aromatic heterocycles. The maximum Gasteiger partial charge on any atom is 0.235 e. The molecule has 0 bridgehead atoms. The normalized spacial score (nSPS) is 15.5. The SMILES string of the molecule is c1ccc(-c2ccn3c(N4CCOCC4)cnc3n2)cc1. The third-order valence-electron chi connectivity index (χ3n) is 3.76. The van der Waals surface area contributed by atoms with Gasteiger partial charge < -0.3 is 9.64 Å². The van der Waals surface area contributed by atoms with E-state index in [-0.39, 0.29) is 0 Å². The Kier molecular flexibility index (Phi) is 3.05. The number of benzene rings is 1. The zero-order chi connectivity index (χ0) is 14.1. The molecule has 21 heavy (non-hydrogen) atoms. The lowest BCUT2D eigenvalue weighted by molar-refractivity contribution is 0.122. The lowest BCUT2D eigenvalue weighted by atomic mass is 10.1. The summed E-state index contributed by atoms with van der Waals surface area (Å²) in [6, 6.07) is 12.2. The Morgan fingerprint density at radius 3 is 2.62 bits per heavy atom. The molecule has 1 aliphatic heterocycles. The van der Waals surface area contributed by atoms with E-state index in [1.54, 1.807) is 0 Å². The van der Waals surface area contributed by atoms with E-state index >= 15 is 0 Å². The molecule has 0 amide bonds. The van der Waals surface area contributed by atoms with Crippen molar-refractivity contribution in [3.63, 3.8) is 0 Å². The Hall–Kier alpha value is -2.40. The number of hydrogen-bond donors (Lipinski definition) is 0. The van der Waals surface area contributed by atoms with Gasteiger partial charge in [-0.3, -0.25) is 4.40 Å². The van der Waals surface area contributed by atoms with Crippen LogP contribution in [0.15, 0.2) is 48.8 Å². The van der Waals surface area contributed by atoms with Crippen molar-refractivity contribution in [1.82, 2.24) is 14.4 Å². The minimum Gasteiger partial charge on any atom is -0.378 e. The summed E-state index contributed by atoms with van der Waals surface area (Å²) < 4.78 is 7.44. The summed E-state index contributed by atoms with van der Waals surface area (Å²) in [5.41, 5.74) is 2.05. The maximum absolute atomic E-state index is 5.40. The van der Waals surface area contributed by atoms with Crippen LogP contribution in [0.2, 0.25) is 0 Å². The van der Waals surface area contributed by atoms with Gasteiger partial charge in [0.05, 0.1) is 25.1 Å². The van der Waals surface area contributed by atoms with E-state index in [2.05, 4.69) is 27.0 Å². The quantitative estimate of drug-likeness (QED) is 0.722. The Balaban J connectivity index is 1.73. The Morgan fingerprint density at radius 1 is 1.00 bits per heavy atom. The van der Waals surface area contributed by atoms with Crippen molar-refractivity contribution in [2.75, 3.05) is 31.2 Å². The smallest absolute Gasteiger partial charge is 0.235 e. The lowest BCUT2D eigenvalue weighted by Gasteiger charge is -2.27. The lowest BCUT2D eigenvalue weighted by Crippen LogP contribution is -2.36. The third-order valence-corrected chi connectivity index (χ3v) is 3.76. The summed E-state index contributed by atoms with van der Waals surface area (Å²) >= 11 is 0. The van der Waals surface area contributed by atoms with Gasteiger partial charge in [0.15, 0.2) is 0 Å². The van der Waals surface area contributed by atoms with Crippen molar-refractivity contribution in [2.45, 2.75) is 0 Å². The molecule has 0 unspecified atom stereocenters. The predicted octanol–water partition coefficient (Wildman–Crippen LogP) is 2.23. The van der Waals surface area contributed by atoms with Crippen molar-refractivity contribution >= 4 is 11.6 Å². The number of anilines is 1. The van der Waals surface area contributed by atoms with Gasteiger partial charge in [0.25, 0.3) is 0 Å². The first-order chi connectivity index (χ1) is 10.4. The monoisotopic (exact) mass is 280 g/mol. The van der Waals surface area contributed by atoms with Crippen molar-refractivity contribution in [3.8, 4) is 11.3 Å². The first-order valence-corrected chi connectivity index (χ1v) is 7.14. The molecule has 4 rings (SSSR count). The highest BCUT2D eigenvalue weighted by Gasteiger charge is 2.15. The molecular weight excluding hydrogens is 264 g/mol. The van der Waals surface area contributed by atoms with Gasteiger partial charge in [-0.1, -0.05) is 30.3 Å². The highest BCUT2D eigenvalue weighted by atomic mass is 16.5. The van der Waals surface area contributed by atoms with Gasteiger partial charge in [0.2, 0.25) is 5.78 Å². The Labute approximate surface area is 122 Å². The molecule has 5 heteroatoms. The molecule has 0 aliphatic carbocycles. The van der Waals surface area contributed by atoms with Crippen LogP contribution in [0.4, 0.5) is 5.82 Å². The first-order valence-electron chi connectivity index (χ1n) is 7.14. The van der Waals surface area contributed by atoms with Crippen LogP contribution in [-0.2, 0) is 4.74 Å². The van der Waals surface area contributed by atoms with E-state index in [4.69, 9.17) is 4.74 Å². The molecule has 1 saturated heterocycles. The second-order valence-corrected chi connectivity index (χ2v) is 5.06. The molecule has 1 aromatic carbocycles. The summed E-state index contributed by atoms with van der Waals surface area (Å²) in [5.74, 6) is 1.82. The highest BCUT2D eigenvalue weighted by Crippen LogP contribution is 2.21. The van der Waals surface area contributed by atoms with Crippen molar-refractivity contribution in [3.05, 3.63) is 48.8 Å². The third kappa shape index (κ3) is 2.25. The van der Waals surface area contributed by atoms with Crippen LogP contribution in [0.5, 0.6) is 0 Å². The maximum atomic E-state index is 5.40. The molecule has 0 N–H and O–H groups in total. The fraction of sp³-hybridized carbons (Fsp3) is 0.250. The summed E-state index contributed by atoms with van der Waals surface area (Å²) in [4.78, 5) is 11.4. The van der Waals surface area contributed by atoms with E-state index < -0.39 is 0 Å². The number of ether oxygens (including phenoxy) is 1. The molecule has 3 aromatic rings. The number of fused-ring (bicyclic) bond motifs is 1. The number of imidazole rings is 1. The van der Waals surface area contributed by atoms with E-state index in [1.807, 2.05) is 41.1 Å². The summed E-state index contributed by atoms with van der Waals surface area (Å²) in [7, 11) is 0. The average molecular weight is 280 g/mol. The molecular formula is C16H16N4O. The van der Waals surface area contributed by atoms with Gasteiger partial charge in [-0.25, -0.2) is 9.97 Å². The molecule has 5 nitrogen and oxygen atoms in total. The van der Waals surface area contributed by atoms with Gasteiger partial charge in [0, 0.05) is 24.8 Å². The number of aromatic nitrogens is 3. The van der Waals surface area contributed by atoms with Crippen LogP contribution in [0.3, 0.4) is 0 Å². The van der Waals surface area contributed by atoms with Crippen LogP contribution in [0.25, 0.3) is 17.0 Å². The average Bonchev–Trinajstić information content (AvgIpc) is 2.99. The predicted molar refractivity (Wildman–Crippen MR) is 81.5 cm³/mol. The Bertz CT molecular complexity index is 747. The van der Waals surface area contributed by atoms with Crippen LogP contribution < -0.4 is 4.90 Å². The first kappa shape index (κ1) is 12.3. The summed E-state index contributed by atoms with van der Waals surface area (Å²) in [6.45, 7) is 3.33. The van der Waals surface area contributed by atoms with Crippen molar-refractivity contribution < 1.29 is 4.74 Å². The van der Waals surface area contributed by atoms with Crippen LogP contribution in [0, 0.1) is 0 Å². The van der Waals surface area contributed by atoms with E-state index in [0.29, 0.717) is 0 Å². The molecule has 3 heterocycles. The number of nitrogens with zero attached hydrogens (tertiary/aromatic N) is 4. The second kappa shape index (κ2) is 5.18. The number of hydrogen-bond acceptors (Lipinski definition) is 4. The fourth-order valence-electron chi connectivity index (χ4n) is 2.65. The van der Waals surface area contributed by atoms with Gasteiger partial charge >= 0.3 is 0 Å². The minimum atomic E-state index is 0.734. The molecule has 1 aliphatic rings. The Morgan fingerprint density at radius 2 is 1.81 bits per heavy atom. The number of rotatable bonds is 2. The number of morpholine rings is 1. The van der Waals surface area contributed by atoms with Crippen LogP contribution in [-0.4, -0.2) is 40.7 Å². The van der Waals surface area contributed by atoms with Gasteiger partial charge in [-0.2, -0.15) is 0 Å². The second-order valence-electron chi connectivity index (χ2n) is 5.06. The topological polar surface area (TPSA) is 42.7 Å².